The number of hydrogen-bond donors (Lipinski definition) is 4. The van der Waals surface area contributed by atoms with E-state index in [4.69, 9.17) is 9.47 Å². The summed E-state index contributed by atoms with van der Waals surface area (Å²) in [5.74, 6) is -1.82. The Balaban J connectivity index is 1.38. The molecule has 2 aromatic carbocycles. The number of nitrogens with one attached hydrogen (secondary N) is 2. The fraction of sp³-hybridized carbons (Fsp3) is 0.389. The van der Waals surface area contributed by atoms with Crippen LogP contribution in [-0.4, -0.2) is 69.6 Å². The number of amides is 2. The van der Waals surface area contributed by atoms with Crippen LogP contribution in [0.1, 0.15) is 61.6 Å². The van der Waals surface area contributed by atoms with Crippen molar-refractivity contribution >= 4 is 22.7 Å². The van der Waals surface area contributed by atoms with Gasteiger partial charge in [0.2, 0.25) is 11.5 Å². The van der Waals surface area contributed by atoms with Gasteiger partial charge in [-0.2, -0.15) is 13.2 Å². The first kappa shape index (κ1) is 35.0. The average molecular weight is 697 g/mol. The lowest BCUT2D eigenvalue weighted by atomic mass is 9.81. The molecule has 0 spiro atoms. The van der Waals surface area contributed by atoms with Gasteiger partial charge in [-0.1, -0.05) is 6.07 Å². The lowest BCUT2D eigenvalue weighted by Crippen LogP contribution is -2.52. The molecule has 1 fully saturated rings. The van der Waals surface area contributed by atoms with Gasteiger partial charge in [-0.25, -0.2) is 9.37 Å². The number of nitrogens with zero attached hydrogens (tertiary/aromatic N) is 2. The Hall–Kier alpha value is -4.82. The van der Waals surface area contributed by atoms with Gasteiger partial charge in [0, 0.05) is 34.8 Å². The Bertz CT molecular complexity index is 1940. The number of hydrogen-bond acceptors (Lipinski definition) is 8. The molecule has 14 heteroatoms. The SMILES string of the molecule is CC(C)(O)CCNC(=O)[C@@]1(C)COc2c1cc(C(O)(CNC(=O)c1cc(OC3CC3)c3ncccc3c1)C(F)(F)F)nc2-c1ccc(F)cc1. The van der Waals surface area contributed by atoms with Crippen molar-refractivity contribution in [1.82, 2.24) is 20.6 Å². The normalized spacial score (nSPS) is 18.6. The van der Waals surface area contributed by atoms with E-state index in [9.17, 15) is 37.4 Å². The molecule has 3 heterocycles. The van der Waals surface area contributed by atoms with Crippen LogP contribution in [0.4, 0.5) is 17.6 Å². The van der Waals surface area contributed by atoms with E-state index in [1.807, 2.05) is 0 Å². The van der Waals surface area contributed by atoms with Gasteiger partial charge in [0.25, 0.3) is 5.91 Å². The number of aromatic nitrogens is 2. The summed E-state index contributed by atoms with van der Waals surface area (Å²) in [7, 11) is 0. The van der Waals surface area contributed by atoms with E-state index in [-0.39, 0.29) is 53.8 Å². The molecule has 1 saturated carbocycles. The Labute approximate surface area is 284 Å². The molecule has 2 amide bonds. The Morgan fingerprint density at radius 2 is 1.78 bits per heavy atom. The molecule has 1 aliphatic heterocycles. The summed E-state index contributed by atoms with van der Waals surface area (Å²) < 4.78 is 70.6. The van der Waals surface area contributed by atoms with Crippen LogP contribution in [0.15, 0.2) is 60.8 Å². The summed E-state index contributed by atoms with van der Waals surface area (Å²) in [6.07, 6.45) is -2.02. The average Bonchev–Trinajstić information content (AvgIpc) is 3.82. The van der Waals surface area contributed by atoms with Gasteiger partial charge in [-0.3, -0.25) is 14.6 Å². The number of ether oxygens (including phenoxy) is 2. The molecule has 50 heavy (non-hydrogen) atoms. The first-order chi connectivity index (χ1) is 23.5. The maximum Gasteiger partial charge on any atom is 0.424 e. The summed E-state index contributed by atoms with van der Waals surface area (Å²) in [4.78, 5) is 35.4. The number of halogens is 4. The molecule has 264 valence electrons. The maximum atomic E-state index is 15.0. The molecule has 2 atom stereocenters. The van der Waals surface area contributed by atoms with Gasteiger partial charge in [-0.15, -0.1) is 0 Å². The van der Waals surface area contributed by atoms with Gasteiger partial charge < -0.3 is 30.3 Å². The van der Waals surface area contributed by atoms with Crippen LogP contribution >= 0.6 is 0 Å². The quantitative estimate of drug-likeness (QED) is 0.159. The molecule has 1 aliphatic carbocycles. The van der Waals surface area contributed by atoms with Crippen LogP contribution in [0.5, 0.6) is 11.5 Å². The Morgan fingerprint density at radius 1 is 1.06 bits per heavy atom. The molecule has 2 aliphatic rings. The van der Waals surface area contributed by atoms with Crippen molar-refractivity contribution in [3.8, 4) is 22.8 Å². The molecule has 4 aromatic rings. The van der Waals surface area contributed by atoms with Gasteiger partial charge in [0.05, 0.1) is 23.9 Å². The zero-order chi connectivity index (χ0) is 36.1. The van der Waals surface area contributed by atoms with Crippen molar-refractivity contribution in [1.29, 1.82) is 0 Å². The van der Waals surface area contributed by atoms with E-state index in [1.165, 1.54) is 31.2 Å². The van der Waals surface area contributed by atoms with Crippen LogP contribution < -0.4 is 20.1 Å². The first-order valence-corrected chi connectivity index (χ1v) is 16.1. The van der Waals surface area contributed by atoms with E-state index in [1.54, 1.807) is 32.2 Å². The van der Waals surface area contributed by atoms with Crippen molar-refractivity contribution in [2.24, 2.45) is 0 Å². The Kier molecular flexibility index (Phi) is 8.97. The van der Waals surface area contributed by atoms with Crippen LogP contribution in [0, 0.1) is 5.82 Å². The molecule has 0 bridgehead atoms. The Morgan fingerprint density at radius 3 is 2.44 bits per heavy atom. The van der Waals surface area contributed by atoms with Crippen LogP contribution in [-0.2, 0) is 15.8 Å². The first-order valence-electron chi connectivity index (χ1n) is 16.1. The summed E-state index contributed by atoms with van der Waals surface area (Å²) in [5.41, 5.74) is -6.82. The smallest absolute Gasteiger partial charge is 0.424 e. The number of carbonyl (C=O) groups excluding carboxylic acids is 2. The number of aliphatic hydroxyl groups is 2. The fourth-order valence-corrected chi connectivity index (χ4v) is 5.66. The lowest BCUT2D eigenvalue weighted by molar-refractivity contribution is -0.265. The van der Waals surface area contributed by atoms with Crippen molar-refractivity contribution in [2.75, 3.05) is 19.7 Å². The fourth-order valence-electron chi connectivity index (χ4n) is 5.66. The predicted octanol–water partition coefficient (Wildman–Crippen LogP) is 5.08. The second-order valence-corrected chi connectivity index (χ2v) is 13.6. The standard InChI is InChI=1S/C36H36F4N4O6/c1-33(2,47)12-14-42-32(46)34(3)19-49-30-25(34)17-27(44-29(30)20-6-8-23(37)9-7-20)35(48,36(38,39)40)18-43-31(45)22-15-21-5-4-13-41-28(21)26(16-22)50-24-10-11-24/h4-9,13,15-17,24,47-48H,10-12,14,18-19H2,1-3H3,(H,42,46)(H,43,45)/t34-,35?/m0/s1. The van der Waals surface area contributed by atoms with Gasteiger partial charge >= 0.3 is 6.18 Å². The van der Waals surface area contributed by atoms with E-state index in [0.29, 0.717) is 16.7 Å². The molecule has 10 nitrogen and oxygen atoms in total. The maximum absolute atomic E-state index is 15.0. The largest absolute Gasteiger partial charge is 0.489 e. The summed E-state index contributed by atoms with van der Waals surface area (Å²) in [6, 6.07) is 11.9. The number of carbonyl (C=O) groups is 2. The molecule has 4 N–H and O–H groups in total. The van der Waals surface area contributed by atoms with Crippen molar-refractivity contribution in [3.05, 3.63) is 83.4 Å². The van der Waals surface area contributed by atoms with Gasteiger partial charge in [0.15, 0.2) is 0 Å². The van der Waals surface area contributed by atoms with Crippen molar-refractivity contribution in [3.63, 3.8) is 0 Å². The predicted molar refractivity (Wildman–Crippen MR) is 174 cm³/mol. The summed E-state index contributed by atoms with van der Waals surface area (Å²) in [5, 5.41) is 27.0. The molecular weight excluding hydrogens is 660 g/mol. The molecule has 0 saturated heterocycles. The van der Waals surface area contributed by atoms with E-state index < -0.39 is 52.7 Å². The van der Waals surface area contributed by atoms with E-state index in [0.717, 1.165) is 31.0 Å². The van der Waals surface area contributed by atoms with Gasteiger partial charge in [-0.05, 0) is 88.6 Å². The van der Waals surface area contributed by atoms with E-state index in [2.05, 4.69) is 20.6 Å². The molecule has 2 aromatic heterocycles. The lowest BCUT2D eigenvalue weighted by Gasteiger charge is -2.31. The van der Waals surface area contributed by atoms with Crippen molar-refractivity contribution < 1.29 is 46.8 Å². The summed E-state index contributed by atoms with van der Waals surface area (Å²) in [6.45, 7) is 3.04. The highest BCUT2D eigenvalue weighted by Crippen LogP contribution is 2.48. The highest BCUT2D eigenvalue weighted by Gasteiger charge is 2.58. The second-order valence-electron chi connectivity index (χ2n) is 13.6. The highest BCUT2D eigenvalue weighted by atomic mass is 19.4. The molecule has 6 rings (SSSR count). The zero-order valence-electron chi connectivity index (χ0n) is 27.5. The minimum absolute atomic E-state index is 0.000445. The minimum Gasteiger partial charge on any atom is -0.489 e. The third-order valence-electron chi connectivity index (χ3n) is 8.86. The third-order valence-corrected chi connectivity index (χ3v) is 8.86. The molecular formula is C36H36F4N4O6. The monoisotopic (exact) mass is 696 g/mol. The highest BCUT2D eigenvalue weighted by molar-refractivity contribution is 6.00. The second kappa shape index (κ2) is 12.8. The molecule has 1 unspecified atom stereocenters. The van der Waals surface area contributed by atoms with Crippen LogP contribution in [0.3, 0.4) is 0 Å². The number of pyridine rings is 2. The van der Waals surface area contributed by atoms with Crippen LogP contribution in [0.25, 0.3) is 22.2 Å². The number of alkyl halides is 3. The number of benzene rings is 2. The van der Waals surface area contributed by atoms with Crippen LogP contribution in [0.2, 0.25) is 0 Å². The third kappa shape index (κ3) is 6.94. The number of rotatable bonds is 11. The topological polar surface area (TPSA) is 143 Å². The van der Waals surface area contributed by atoms with Gasteiger partial charge in [0.1, 0.15) is 40.5 Å². The minimum atomic E-state index is -5.38. The molecule has 0 radical (unpaired) electrons. The summed E-state index contributed by atoms with van der Waals surface area (Å²) >= 11 is 0. The van der Waals surface area contributed by atoms with Crippen molar-refractivity contribution in [2.45, 2.75) is 68.9 Å². The van der Waals surface area contributed by atoms with E-state index >= 15 is 0 Å². The number of fused-ring (bicyclic) bond motifs is 2. The zero-order valence-corrected chi connectivity index (χ0v) is 27.5.